The summed E-state index contributed by atoms with van der Waals surface area (Å²) in [7, 11) is 0. The predicted molar refractivity (Wildman–Crippen MR) is 140 cm³/mol. The molecular formula is C29H33N3O4. The van der Waals surface area contributed by atoms with E-state index in [1.807, 2.05) is 60.7 Å². The number of amides is 3. The molecule has 3 fully saturated rings. The zero-order valence-corrected chi connectivity index (χ0v) is 20.4. The molecule has 0 bridgehead atoms. The van der Waals surface area contributed by atoms with Crippen molar-refractivity contribution in [1.82, 2.24) is 4.90 Å². The van der Waals surface area contributed by atoms with Crippen LogP contribution in [-0.2, 0) is 19.1 Å². The molecule has 2 N–H and O–H groups in total. The third-order valence-corrected chi connectivity index (χ3v) is 7.34. The smallest absolute Gasteiger partial charge is 0.252 e. The van der Waals surface area contributed by atoms with E-state index in [1.54, 1.807) is 4.90 Å². The van der Waals surface area contributed by atoms with Crippen LogP contribution in [0.15, 0.2) is 48.5 Å². The molecule has 1 aliphatic carbocycles. The number of carbonyl (C=O) groups excluding carboxylic acids is 3. The third-order valence-electron chi connectivity index (χ3n) is 7.34. The maximum absolute atomic E-state index is 12.9. The van der Waals surface area contributed by atoms with E-state index in [-0.39, 0.29) is 23.6 Å². The molecule has 2 saturated heterocycles. The molecule has 5 rings (SSSR count). The van der Waals surface area contributed by atoms with Gasteiger partial charge in [0.2, 0.25) is 11.8 Å². The number of nitrogens with one attached hydrogen (secondary N) is 2. The molecule has 7 heteroatoms. The molecule has 188 valence electrons. The quantitative estimate of drug-likeness (QED) is 0.554. The van der Waals surface area contributed by atoms with Gasteiger partial charge < -0.3 is 20.3 Å². The number of rotatable bonds is 7. The van der Waals surface area contributed by atoms with Gasteiger partial charge in [0, 0.05) is 30.4 Å². The minimum absolute atomic E-state index is 0.0561. The molecule has 0 spiro atoms. The number of carbonyl (C=O) groups is 3. The molecule has 0 radical (unpaired) electrons. The number of anilines is 2. The summed E-state index contributed by atoms with van der Waals surface area (Å²) >= 11 is 0. The van der Waals surface area contributed by atoms with Crippen molar-refractivity contribution in [1.29, 1.82) is 0 Å². The lowest BCUT2D eigenvalue weighted by molar-refractivity contribution is -0.144. The molecule has 2 aromatic carbocycles. The molecule has 2 atom stereocenters. The molecule has 7 nitrogen and oxygen atoms in total. The summed E-state index contributed by atoms with van der Waals surface area (Å²) in [6.07, 6.45) is 9.88. The Labute approximate surface area is 211 Å². The minimum atomic E-state index is -0.442. The normalized spacial score (nSPS) is 21.9. The first-order chi connectivity index (χ1) is 17.6. The third kappa shape index (κ3) is 5.68. The average molecular weight is 488 g/mol. The van der Waals surface area contributed by atoms with Crippen LogP contribution in [0.1, 0.15) is 56.1 Å². The van der Waals surface area contributed by atoms with Gasteiger partial charge in [0.15, 0.2) is 0 Å². The lowest BCUT2D eigenvalue weighted by Gasteiger charge is -2.26. The Morgan fingerprint density at radius 2 is 1.36 bits per heavy atom. The summed E-state index contributed by atoms with van der Waals surface area (Å²) in [6, 6.07) is 15.0. The zero-order chi connectivity index (χ0) is 24.9. The molecule has 0 aromatic heterocycles. The van der Waals surface area contributed by atoms with E-state index >= 15 is 0 Å². The SMILES string of the molecule is O=C(Nc1ccc(C=Cc2ccc(NC(=O)[C@@H]3CCCN3C(=O)[C@H]3CCCO3)cc2)cc1)C1CCC1. The van der Waals surface area contributed by atoms with Gasteiger partial charge in [0.25, 0.3) is 5.91 Å². The van der Waals surface area contributed by atoms with E-state index in [9.17, 15) is 14.4 Å². The maximum atomic E-state index is 12.9. The van der Waals surface area contributed by atoms with Crippen LogP contribution in [0.2, 0.25) is 0 Å². The highest BCUT2D eigenvalue weighted by Gasteiger charge is 2.38. The Kier molecular flexibility index (Phi) is 7.47. The Hall–Kier alpha value is -3.45. The van der Waals surface area contributed by atoms with Crippen LogP contribution in [0.5, 0.6) is 0 Å². The standard InChI is InChI=1S/C29H33N3O4/c33-27(22-4-1-5-22)30-23-14-10-20(11-15-23)8-9-21-12-16-24(17-13-21)31-28(34)25-6-2-18-32(25)29(35)26-7-3-19-36-26/h8-17,22,25-26H,1-7,18-19H2,(H,30,33)(H,31,34)/t25-,26+/m0/s1. The lowest BCUT2D eigenvalue weighted by atomic mass is 9.85. The second-order valence-corrected chi connectivity index (χ2v) is 9.87. The van der Waals surface area contributed by atoms with Crippen molar-refractivity contribution in [3.05, 3.63) is 59.7 Å². The van der Waals surface area contributed by atoms with Crippen molar-refractivity contribution in [2.24, 2.45) is 5.92 Å². The van der Waals surface area contributed by atoms with Crippen LogP contribution in [0.4, 0.5) is 11.4 Å². The van der Waals surface area contributed by atoms with Crippen LogP contribution in [0.3, 0.4) is 0 Å². The van der Waals surface area contributed by atoms with Gasteiger partial charge in [0.05, 0.1) is 0 Å². The van der Waals surface area contributed by atoms with Gasteiger partial charge >= 0.3 is 0 Å². The van der Waals surface area contributed by atoms with Crippen molar-refractivity contribution in [2.45, 2.75) is 57.1 Å². The van der Waals surface area contributed by atoms with E-state index in [2.05, 4.69) is 10.6 Å². The summed E-state index contributed by atoms with van der Waals surface area (Å²) in [5.41, 5.74) is 3.57. The van der Waals surface area contributed by atoms with Crippen LogP contribution in [0.25, 0.3) is 12.2 Å². The molecule has 1 saturated carbocycles. The van der Waals surface area contributed by atoms with E-state index in [0.29, 0.717) is 25.3 Å². The maximum Gasteiger partial charge on any atom is 0.252 e. The van der Waals surface area contributed by atoms with Gasteiger partial charge in [0.1, 0.15) is 12.1 Å². The first-order valence-electron chi connectivity index (χ1n) is 13.0. The predicted octanol–water partition coefficient (Wildman–Crippen LogP) is 4.70. The number of benzene rings is 2. The minimum Gasteiger partial charge on any atom is -0.368 e. The second-order valence-electron chi connectivity index (χ2n) is 9.87. The van der Waals surface area contributed by atoms with Crippen molar-refractivity contribution in [2.75, 3.05) is 23.8 Å². The van der Waals surface area contributed by atoms with Gasteiger partial charge in [-0.15, -0.1) is 0 Å². The molecule has 2 aliphatic heterocycles. The lowest BCUT2D eigenvalue weighted by Crippen LogP contribution is -2.47. The molecule has 2 aromatic rings. The summed E-state index contributed by atoms with van der Waals surface area (Å²) in [4.78, 5) is 39.4. The number of ether oxygens (including phenoxy) is 1. The number of likely N-dealkylation sites (tertiary alicyclic amines) is 1. The van der Waals surface area contributed by atoms with Crippen LogP contribution in [0, 0.1) is 5.92 Å². The van der Waals surface area contributed by atoms with E-state index in [0.717, 1.165) is 55.3 Å². The Morgan fingerprint density at radius 1 is 0.750 bits per heavy atom. The first-order valence-corrected chi connectivity index (χ1v) is 13.0. The summed E-state index contributed by atoms with van der Waals surface area (Å²) in [5.74, 6) is 0.0845. The largest absolute Gasteiger partial charge is 0.368 e. The van der Waals surface area contributed by atoms with Crippen LogP contribution < -0.4 is 10.6 Å². The fourth-order valence-corrected chi connectivity index (χ4v) is 4.95. The van der Waals surface area contributed by atoms with Gasteiger partial charge in [-0.1, -0.05) is 42.8 Å². The molecule has 2 heterocycles. The molecule has 36 heavy (non-hydrogen) atoms. The first kappa shape index (κ1) is 24.3. The highest BCUT2D eigenvalue weighted by Crippen LogP contribution is 2.28. The summed E-state index contributed by atoms with van der Waals surface area (Å²) in [6.45, 7) is 1.22. The van der Waals surface area contributed by atoms with Crippen molar-refractivity contribution in [3.8, 4) is 0 Å². The van der Waals surface area contributed by atoms with E-state index in [4.69, 9.17) is 4.74 Å². The van der Waals surface area contributed by atoms with Crippen molar-refractivity contribution in [3.63, 3.8) is 0 Å². The average Bonchev–Trinajstić information content (AvgIpc) is 3.56. The molecule has 3 aliphatic rings. The Bertz CT molecular complexity index is 1120. The Morgan fingerprint density at radius 3 is 1.89 bits per heavy atom. The van der Waals surface area contributed by atoms with Gasteiger partial charge in [-0.05, 0) is 73.9 Å². The fourth-order valence-electron chi connectivity index (χ4n) is 4.95. The summed E-state index contributed by atoms with van der Waals surface area (Å²) in [5, 5.41) is 5.95. The highest BCUT2D eigenvalue weighted by molar-refractivity contribution is 5.98. The number of nitrogens with zero attached hydrogens (tertiary/aromatic N) is 1. The number of hydrogen-bond acceptors (Lipinski definition) is 4. The van der Waals surface area contributed by atoms with Crippen LogP contribution in [-0.4, -0.2) is 47.9 Å². The van der Waals surface area contributed by atoms with E-state index in [1.165, 1.54) is 0 Å². The fraction of sp³-hybridized carbons (Fsp3) is 0.414. The van der Waals surface area contributed by atoms with Gasteiger partial charge in [-0.2, -0.15) is 0 Å². The second kappa shape index (κ2) is 11.1. The molecular weight excluding hydrogens is 454 g/mol. The van der Waals surface area contributed by atoms with Crippen molar-refractivity contribution < 1.29 is 19.1 Å². The molecule has 0 unspecified atom stereocenters. The molecule has 3 amide bonds. The van der Waals surface area contributed by atoms with Crippen LogP contribution >= 0.6 is 0 Å². The van der Waals surface area contributed by atoms with Gasteiger partial charge in [-0.3, -0.25) is 14.4 Å². The summed E-state index contributed by atoms with van der Waals surface area (Å²) < 4.78 is 5.53. The van der Waals surface area contributed by atoms with Gasteiger partial charge in [-0.25, -0.2) is 0 Å². The highest BCUT2D eigenvalue weighted by atomic mass is 16.5. The van der Waals surface area contributed by atoms with Crippen molar-refractivity contribution >= 4 is 41.2 Å². The zero-order valence-electron chi connectivity index (χ0n) is 20.4. The number of hydrogen-bond donors (Lipinski definition) is 2. The topological polar surface area (TPSA) is 87.7 Å². The Balaban J connectivity index is 1.13. The van der Waals surface area contributed by atoms with E-state index < -0.39 is 12.1 Å². The monoisotopic (exact) mass is 487 g/mol.